The quantitative estimate of drug-likeness (QED) is 0.381. The Morgan fingerprint density at radius 2 is 1.97 bits per heavy atom. The Hall–Kier alpha value is -3.78. The summed E-state index contributed by atoms with van der Waals surface area (Å²) in [5.41, 5.74) is 1.59. The molecule has 0 aliphatic carbocycles. The molecule has 0 radical (unpaired) electrons. The topological polar surface area (TPSA) is 75.6 Å². The van der Waals surface area contributed by atoms with Crippen LogP contribution in [0.2, 0.25) is 0 Å². The van der Waals surface area contributed by atoms with E-state index in [1.165, 1.54) is 0 Å². The zero-order chi connectivity index (χ0) is 21.9. The third kappa shape index (κ3) is 4.17. The normalized spacial score (nSPS) is 15.6. The minimum Gasteiger partial charge on any atom is -0.490 e. The molecular formula is C24H19NO6S. The van der Waals surface area contributed by atoms with Gasteiger partial charge in [-0.1, -0.05) is 12.1 Å². The van der Waals surface area contributed by atoms with E-state index in [1.807, 2.05) is 42.6 Å². The molecule has 0 unspecified atom stereocenters. The SMILES string of the molecule is CCOc1cc(C=C2N=C(c3ccc4c(c3)OCO4)OC2=O)ccc1OCc1cccs1. The van der Waals surface area contributed by atoms with Crippen molar-refractivity contribution in [3.05, 3.63) is 75.6 Å². The van der Waals surface area contributed by atoms with E-state index in [0.717, 1.165) is 10.4 Å². The highest BCUT2D eigenvalue weighted by molar-refractivity contribution is 7.09. The van der Waals surface area contributed by atoms with Crippen molar-refractivity contribution in [1.29, 1.82) is 0 Å². The molecule has 0 fully saturated rings. The van der Waals surface area contributed by atoms with Crippen LogP contribution in [0.5, 0.6) is 23.0 Å². The van der Waals surface area contributed by atoms with E-state index in [-0.39, 0.29) is 18.4 Å². The molecule has 0 saturated carbocycles. The molecule has 32 heavy (non-hydrogen) atoms. The van der Waals surface area contributed by atoms with Crippen molar-refractivity contribution in [2.24, 2.45) is 4.99 Å². The lowest BCUT2D eigenvalue weighted by Crippen LogP contribution is -2.05. The Balaban J connectivity index is 1.38. The van der Waals surface area contributed by atoms with Crippen molar-refractivity contribution < 1.29 is 28.5 Å². The second kappa shape index (κ2) is 8.76. The number of hydrogen-bond acceptors (Lipinski definition) is 8. The summed E-state index contributed by atoms with van der Waals surface area (Å²) in [5.74, 6) is 2.19. The number of benzene rings is 2. The minimum atomic E-state index is -0.520. The Labute approximate surface area is 188 Å². The Morgan fingerprint density at radius 3 is 2.81 bits per heavy atom. The fourth-order valence-electron chi connectivity index (χ4n) is 3.27. The van der Waals surface area contributed by atoms with Gasteiger partial charge in [-0.2, -0.15) is 0 Å². The van der Waals surface area contributed by atoms with Gasteiger partial charge in [0.15, 0.2) is 28.7 Å². The van der Waals surface area contributed by atoms with Crippen molar-refractivity contribution in [2.75, 3.05) is 13.4 Å². The summed E-state index contributed by atoms with van der Waals surface area (Å²) in [5, 5.41) is 2.01. The molecule has 2 aliphatic rings. The van der Waals surface area contributed by atoms with E-state index in [1.54, 1.807) is 35.6 Å². The third-order valence-electron chi connectivity index (χ3n) is 4.76. The number of carbonyl (C=O) groups is 1. The second-order valence-corrected chi connectivity index (χ2v) is 7.94. The van der Waals surface area contributed by atoms with Crippen LogP contribution in [0, 0.1) is 0 Å². The minimum absolute atomic E-state index is 0.172. The molecule has 0 atom stereocenters. The van der Waals surface area contributed by atoms with Gasteiger partial charge in [-0.3, -0.25) is 0 Å². The first-order chi connectivity index (χ1) is 15.7. The number of esters is 1. The number of rotatable bonds is 7. The Bertz CT molecular complexity index is 1220. The van der Waals surface area contributed by atoms with Crippen LogP contribution in [-0.2, 0) is 16.1 Å². The predicted molar refractivity (Wildman–Crippen MR) is 119 cm³/mol. The zero-order valence-corrected chi connectivity index (χ0v) is 18.0. The van der Waals surface area contributed by atoms with Crippen LogP contribution >= 0.6 is 11.3 Å². The molecule has 3 aromatic rings. The maximum atomic E-state index is 12.4. The third-order valence-corrected chi connectivity index (χ3v) is 5.61. The summed E-state index contributed by atoms with van der Waals surface area (Å²) >= 11 is 1.63. The molecule has 0 amide bonds. The number of nitrogens with zero attached hydrogens (tertiary/aromatic N) is 1. The molecular weight excluding hydrogens is 430 g/mol. The Morgan fingerprint density at radius 1 is 1.06 bits per heavy atom. The van der Waals surface area contributed by atoms with Gasteiger partial charge in [-0.15, -0.1) is 11.3 Å². The lowest BCUT2D eigenvalue weighted by Gasteiger charge is -2.12. The summed E-state index contributed by atoms with van der Waals surface area (Å²) < 4.78 is 27.7. The van der Waals surface area contributed by atoms with E-state index in [4.69, 9.17) is 23.7 Å². The maximum Gasteiger partial charge on any atom is 0.363 e. The van der Waals surface area contributed by atoms with Crippen molar-refractivity contribution in [3.8, 4) is 23.0 Å². The van der Waals surface area contributed by atoms with Gasteiger partial charge in [-0.05, 0) is 60.3 Å². The van der Waals surface area contributed by atoms with E-state index < -0.39 is 5.97 Å². The van der Waals surface area contributed by atoms with Gasteiger partial charge >= 0.3 is 5.97 Å². The molecule has 8 heteroatoms. The monoisotopic (exact) mass is 449 g/mol. The molecule has 2 aliphatic heterocycles. The van der Waals surface area contributed by atoms with Gasteiger partial charge in [0, 0.05) is 10.4 Å². The first-order valence-electron chi connectivity index (χ1n) is 10.0. The molecule has 2 aromatic carbocycles. The van der Waals surface area contributed by atoms with Crippen molar-refractivity contribution in [1.82, 2.24) is 0 Å². The summed E-state index contributed by atoms with van der Waals surface area (Å²) in [6.45, 7) is 3.04. The average Bonchev–Trinajstić information content (AvgIpc) is 3.55. The largest absolute Gasteiger partial charge is 0.490 e. The smallest absolute Gasteiger partial charge is 0.363 e. The molecule has 0 N–H and O–H groups in total. The molecule has 162 valence electrons. The molecule has 0 bridgehead atoms. The highest BCUT2D eigenvalue weighted by Gasteiger charge is 2.26. The van der Waals surface area contributed by atoms with E-state index in [9.17, 15) is 4.79 Å². The van der Waals surface area contributed by atoms with Crippen molar-refractivity contribution in [2.45, 2.75) is 13.5 Å². The molecule has 5 rings (SSSR count). The first-order valence-corrected chi connectivity index (χ1v) is 10.9. The van der Waals surface area contributed by atoms with E-state index in [2.05, 4.69) is 4.99 Å². The number of hydrogen-bond donors (Lipinski definition) is 0. The lowest BCUT2D eigenvalue weighted by molar-refractivity contribution is -0.129. The highest BCUT2D eigenvalue weighted by atomic mass is 32.1. The van der Waals surface area contributed by atoms with E-state index in [0.29, 0.717) is 41.8 Å². The fourth-order valence-corrected chi connectivity index (χ4v) is 3.88. The van der Waals surface area contributed by atoms with Crippen LogP contribution in [0.1, 0.15) is 22.9 Å². The summed E-state index contributed by atoms with van der Waals surface area (Å²) in [6, 6.07) is 14.8. The lowest BCUT2D eigenvalue weighted by atomic mass is 10.1. The maximum absolute atomic E-state index is 12.4. The molecule has 7 nitrogen and oxygen atoms in total. The van der Waals surface area contributed by atoms with Gasteiger partial charge in [0.25, 0.3) is 0 Å². The zero-order valence-electron chi connectivity index (χ0n) is 17.2. The van der Waals surface area contributed by atoms with Crippen molar-refractivity contribution in [3.63, 3.8) is 0 Å². The average molecular weight is 449 g/mol. The second-order valence-electron chi connectivity index (χ2n) is 6.91. The van der Waals surface area contributed by atoms with Crippen molar-refractivity contribution >= 4 is 29.3 Å². The number of aliphatic imine (C=N–C) groups is 1. The molecule has 1 aromatic heterocycles. The van der Waals surface area contributed by atoms with Crippen LogP contribution in [0.15, 0.2) is 64.6 Å². The van der Waals surface area contributed by atoms with Gasteiger partial charge in [0.2, 0.25) is 12.7 Å². The van der Waals surface area contributed by atoms with Gasteiger partial charge in [-0.25, -0.2) is 9.79 Å². The predicted octanol–water partition coefficient (Wildman–Crippen LogP) is 4.80. The number of ether oxygens (including phenoxy) is 5. The first kappa shape index (κ1) is 20.1. The number of carbonyl (C=O) groups excluding carboxylic acids is 1. The van der Waals surface area contributed by atoms with Crippen LogP contribution in [-0.4, -0.2) is 25.3 Å². The number of thiophene rings is 1. The van der Waals surface area contributed by atoms with Crippen LogP contribution < -0.4 is 18.9 Å². The number of fused-ring (bicyclic) bond motifs is 1. The van der Waals surface area contributed by atoms with Crippen LogP contribution in [0.4, 0.5) is 0 Å². The molecule has 0 saturated heterocycles. The standard InChI is InChI=1S/C24H19NO6S/c1-2-27-21-11-15(5-7-19(21)28-13-17-4-3-9-32-17)10-18-24(26)31-23(25-18)16-6-8-20-22(12-16)30-14-29-20/h3-12H,2,13-14H2,1H3. The van der Waals surface area contributed by atoms with Gasteiger partial charge in [0.1, 0.15) is 6.61 Å². The van der Waals surface area contributed by atoms with E-state index >= 15 is 0 Å². The molecule has 3 heterocycles. The van der Waals surface area contributed by atoms with Gasteiger partial charge < -0.3 is 23.7 Å². The van der Waals surface area contributed by atoms with Crippen LogP contribution in [0.25, 0.3) is 6.08 Å². The van der Waals surface area contributed by atoms with Crippen LogP contribution in [0.3, 0.4) is 0 Å². The molecule has 0 spiro atoms. The van der Waals surface area contributed by atoms with Gasteiger partial charge in [0.05, 0.1) is 6.61 Å². The number of cyclic esters (lactones) is 1. The summed E-state index contributed by atoms with van der Waals surface area (Å²) in [7, 11) is 0. The highest BCUT2D eigenvalue weighted by Crippen LogP contribution is 2.34. The fraction of sp³-hybridized carbons (Fsp3) is 0.167. The summed E-state index contributed by atoms with van der Waals surface area (Å²) in [4.78, 5) is 17.9. The Kier molecular flexibility index (Phi) is 5.51. The summed E-state index contributed by atoms with van der Waals surface area (Å²) in [6.07, 6.45) is 1.66.